The molecule has 0 amide bonds. The summed E-state index contributed by atoms with van der Waals surface area (Å²) in [6.07, 6.45) is -0.971. The first-order chi connectivity index (χ1) is 12.5. The highest BCUT2D eigenvalue weighted by Gasteiger charge is 2.37. The number of aromatic nitrogens is 4. The van der Waals surface area contributed by atoms with Gasteiger partial charge in [0, 0.05) is 24.7 Å². The van der Waals surface area contributed by atoms with Gasteiger partial charge in [-0.15, -0.1) is 0 Å². The molecule has 0 aromatic carbocycles. The van der Waals surface area contributed by atoms with Gasteiger partial charge in [0.2, 0.25) is 0 Å². The number of pyridine rings is 2. The molecule has 0 saturated carbocycles. The van der Waals surface area contributed by atoms with Gasteiger partial charge < -0.3 is 10.3 Å². The molecule has 6 nitrogen and oxygen atoms in total. The average molecular weight is 360 g/mol. The molecule has 0 radical (unpaired) electrons. The van der Waals surface area contributed by atoms with Gasteiger partial charge in [-0.1, -0.05) is 0 Å². The molecule has 0 unspecified atom stereocenters. The number of halogens is 3. The molecular formula is C17H15F3N6. The number of fused-ring (bicyclic) bond motifs is 1. The predicted octanol–water partition coefficient (Wildman–Crippen LogP) is 3.51. The third kappa shape index (κ3) is 2.79. The van der Waals surface area contributed by atoms with Crippen molar-refractivity contribution in [1.29, 1.82) is 5.41 Å². The standard InChI is InChI=1S/C17H15F3N6/c18-17(19,20)12-3-4-13(26-8-10(9-26)5-6-21)23-15(12)14-11-2-1-7-22-16(11)25-24-14/h1-4,6-7,10,21H,5,8-9H2,(H,22,24,25). The van der Waals surface area contributed by atoms with Crippen molar-refractivity contribution in [1.82, 2.24) is 20.2 Å². The molecule has 4 rings (SSSR count). The minimum absolute atomic E-state index is 0.180. The van der Waals surface area contributed by atoms with E-state index >= 15 is 0 Å². The van der Waals surface area contributed by atoms with Gasteiger partial charge in [0.05, 0.1) is 11.3 Å². The normalized spacial score (nSPS) is 15.3. The smallest absolute Gasteiger partial charge is 0.356 e. The van der Waals surface area contributed by atoms with Crippen LogP contribution < -0.4 is 4.90 Å². The first-order valence-corrected chi connectivity index (χ1v) is 8.09. The maximum Gasteiger partial charge on any atom is 0.418 e. The molecule has 1 fully saturated rings. The Morgan fingerprint density at radius 1 is 1.27 bits per heavy atom. The van der Waals surface area contributed by atoms with Crippen molar-refractivity contribution in [2.75, 3.05) is 18.0 Å². The monoisotopic (exact) mass is 360 g/mol. The lowest BCUT2D eigenvalue weighted by molar-refractivity contribution is -0.137. The van der Waals surface area contributed by atoms with Crippen LogP contribution in [0, 0.1) is 11.3 Å². The SMILES string of the molecule is N=CCC1CN(c2ccc(C(F)(F)F)c(-c3[nH]nc4ncccc34)n2)C1. The second-order valence-corrected chi connectivity index (χ2v) is 6.25. The second kappa shape index (κ2) is 6.08. The van der Waals surface area contributed by atoms with E-state index in [0.717, 1.165) is 6.07 Å². The van der Waals surface area contributed by atoms with E-state index in [-0.39, 0.29) is 11.4 Å². The lowest BCUT2D eigenvalue weighted by Crippen LogP contribution is -2.47. The number of alkyl halides is 3. The number of nitrogens with zero attached hydrogens (tertiary/aromatic N) is 4. The summed E-state index contributed by atoms with van der Waals surface area (Å²) < 4.78 is 40.5. The van der Waals surface area contributed by atoms with Gasteiger partial charge in [0.15, 0.2) is 5.65 Å². The molecule has 4 heterocycles. The largest absolute Gasteiger partial charge is 0.418 e. The van der Waals surface area contributed by atoms with Crippen LogP contribution in [0.25, 0.3) is 22.4 Å². The number of anilines is 1. The molecule has 0 atom stereocenters. The molecule has 134 valence electrons. The fourth-order valence-electron chi connectivity index (χ4n) is 3.15. The van der Waals surface area contributed by atoms with Crippen LogP contribution in [-0.2, 0) is 6.18 Å². The summed E-state index contributed by atoms with van der Waals surface area (Å²) in [5.74, 6) is 0.832. The van der Waals surface area contributed by atoms with Crippen molar-refractivity contribution in [2.45, 2.75) is 12.6 Å². The Hall–Kier alpha value is -2.97. The lowest BCUT2D eigenvalue weighted by atomic mass is 9.97. The zero-order chi connectivity index (χ0) is 18.3. The highest BCUT2D eigenvalue weighted by molar-refractivity contribution is 5.90. The molecule has 1 saturated heterocycles. The van der Waals surface area contributed by atoms with Gasteiger partial charge >= 0.3 is 6.18 Å². The van der Waals surface area contributed by atoms with Gasteiger partial charge in [-0.3, -0.25) is 5.10 Å². The van der Waals surface area contributed by atoms with E-state index < -0.39 is 11.7 Å². The van der Waals surface area contributed by atoms with Crippen molar-refractivity contribution in [3.63, 3.8) is 0 Å². The lowest BCUT2D eigenvalue weighted by Gasteiger charge is -2.40. The Morgan fingerprint density at radius 2 is 2.08 bits per heavy atom. The van der Waals surface area contributed by atoms with E-state index in [4.69, 9.17) is 5.41 Å². The molecule has 3 aromatic heterocycles. The van der Waals surface area contributed by atoms with Crippen molar-refractivity contribution >= 4 is 23.1 Å². The van der Waals surface area contributed by atoms with Crippen LogP contribution in [-0.4, -0.2) is 39.5 Å². The van der Waals surface area contributed by atoms with Gasteiger partial charge in [-0.25, -0.2) is 9.97 Å². The van der Waals surface area contributed by atoms with Crippen molar-refractivity contribution < 1.29 is 13.2 Å². The summed E-state index contributed by atoms with van der Waals surface area (Å²) in [4.78, 5) is 10.3. The van der Waals surface area contributed by atoms with Crippen molar-refractivity contribution in [3.05, 3.63) is 36.0 Å². The third-order valence-corrected chi connectivity index (χ3v) is 4.48. The summed E-state index contributed by atoms with van der Waals surface area (Å²) in [6, 6.07) is 5.77. The van der Waals surface area contributed by atoms with E-state index in [0.29, 0.717) is 42.3 Å². The number of aromatic amines is 1. The van der Waals surface area contributed by atoms with E-state index in [1.165, 1.54) is 18.5 Å². The topological polar surface area (TPSA) is 81.5 Å². The highest BCUT2D eigenvalue weighted by atomic mass is 19.4. The summed E-state index contributed by atoms with van der Waals surface area (Å²) in [7, 11) is 0. The summed E-state index contributed by atoms with van der Waals surface area (Å²) in [5, 5.41) is 14.3. The zero-order valence-corrected chi connectivity index (χ0v) is 13.6. The molecule has 0 bridgehead atoms. The number of rotatable bonds is 4. The second-order valence-electron chi connectivity index (χ2n) is 6.25. The molecule has 9 heteroatoms. The maximum absolute atomic E-state index is 13.5. The summed E-state index contributed by atoms with van der Waals surface area (Å²) >= 11 is 0. The number of hydrogen-bond donors (Lipinski definition) is 2. The Balaban J connectivity index is 1.78. The Labute approximate surface area is 146 Å². The van der Waals surface area contributed by atoms with Crippen LogP contribution in [0.4, 0.5) is 19.0 Å². The fourth-order valence-corrected chi connectivity index (χ4v) is 3.15. The molecule has 2 N–H and O–H groups in total. The Bertz CT molecular complexity index is 959. The minimum atomic E-state index is -4.53. The van der Waals surface area contributed by atoms with Crippen LogP contribution in [0.3, 0.4) is 0 Å². The third-order valence-electron chi connectivity index (χ3n) is 4.48. The van der Waals surface area contributed by atoms with Crippen LogP contribution in [0.2, 0.25) is 0 Å². The van der Waals surface area contributed by atoms with E-state index in [2.05, 4.69) is 20.2 Å². The molecule has 0 spiro atoms. The molecule has 1 aliphatic heterocycles. The van der Waals surface area contributed by atoms with E-state index in [9.17, 15) is 13.2 Å². The average Bonchev–Trinajstić information content (AvgIpc) is 3.00. The highest BCUT2D eigenvalue weighted by Crippen LogP contribution is 2.39. The van der Waals surface area contributed by atoms with Crippen LogP contribution in [0.15, 0.2) is 30.5 Å². The Kier molecular flexibility index (Phi) is 3.86. The number of H-pyrrole nitrogens is 1. The van der Waals surface area contributed by atoms with Crippen LogP contribution >= 0.6 is 0 Å². The molecule has 0 aliphatic carbocycles. The molecule has 26 heavy (non-hydrogen) atoms. The zero-order valence-electron chi connectivity index (χ0n) is 13.6. The van der Waals surface area contributed by atoms with E-state index in [1.807, 2.05) is 4.90 Å². The number of nitrogens with one attached hydrogen (secondary N) is 2. The van der Waals surface area contributed by atoms with Crippen LogP contribution in [0.5, 0.6) is 0 Å². The minimum Gasteiger partial charge on any atom is -0.356 e. The van der Waals surface area contributed by atoms with Gasteiger partial charge in [-0.05, 0) is 42.8 Å². The van der Waals surface area contributed by atoms with Gasteiger partial charge in [0.1, 0.15) is 11.5 Å². The first kappa shape index (κ1) is 16.5. The molecular weight excluding hydrogens is 345 g/mol. The van der Waals surface area contributed by atoms with E-state index in [1.54, 1.807) is 12.1 Å². The van der Waals surface area contributed by atoms with Gasteiger partial charge in [-0.2, -0.15) is 18.3 Å². The number of hydrogen-bond acceptors (Lipinski definition) is 5. The fraction of sp³-hybridized carbons (Fsp3) is 0.294. The summed E-state index contributed by atoms with van der Waals surface area (Å²) in [5.41, 5.74) is -0.440. The molecule has 3 aromatic rings. The van der Waals surface area contributed by atoms with Gasteiger partial charge in [0.25, 0.3) is 0 Å². The van der Waals surface area contributed by atoms with Crippen molar-refractivity contribution in [2.24, 2.45) is 5.92 Å². The van der Waals surface area contributed by atoms with Crippen LogP contribution in [0.1, 0.15) is 12.0 Å². The first-order valence-electron chi connectivity index (χ1n) is 8.09. The molecule has 1 aliphatic rings. The maximum atomic E-state index is 13.5. The Morgan fingerprint density at radius 3 is 2.81 bits per heavy atom. The quantitative estimate of drug-likeness (QED) is 0.698. The summed E-state index contributed by atoms with van der Waals surface area (Å²) in [6.45, 7) is 1.36. The predicted molar refractivity (Wildman–Crippen MR) is 91.2 cm³/mol. The van der Waals surface area contributed by atoms with Crippen molar-refractivity contribution in [3.8, 4) is 11.4 Å².